The molecule has 0 aliphatic carbocycles. The standard InChI is InChI=1S/C17H29FN2O/c1-6-19-14(5)15-12-16(18)13(4)11-17(15)21-10-9-20(7-2)8-3/h11-12,14,19H,6-10H2,1-5H3. The van der Waals surface area contributed by atoms with E-state index in [0.29, 0.717) is 12.2 Å². The van der Waals surface area contributed by atoms with E-state index in [1.165, 1.54) is 0 Å². The largest absolute Gasteiger partial charge is 0.492 e. The van der Waals surface area contributed by atoms with Crippen LogP contribution in [0.2, 0.25) is 0 Å². The minimum absolute atomic E-state index is 0.0774. The van der Waals surface area contributed by atoms with Crippen LogP contribution < -0.4 is 10.1 Å². The first-order valence-electron chi connectivity index (χ1n) is 7.91. The summed E-state index contributed by atoms with van der Waals surface area (Å²) in [5, 5.41) is 3.31. The van der Waals surface area contributed by atoms with E-state index in [2.05, 4.69) is 24.1 Å². The summed E-state index contributed by atoms with van der Waals surface area (Å²) in [5.41, 5.74) is 1.51. The lowest BCUT2D eigenvalue weighted by Gasteiger charge is -2.21. The van der Waals surface area contributed by atoms with Gasteiger partial charge in [-0.2, -0.15) is 0 Å². The molecule has 1 atom stereocenters. The van der Waals surface area contributed by atoms with Crippen LogP contribution in [0.25, 0.3) is 0 Å². The number of hydrogen-bond donors (Lipinski definition) is 1. The number of likely N-dealkylation sites (N-methyl/N-ethyl adjacent to an activating group) is 1. The van der Waals surface area contributed by atoms with Gasteiger partial charge in [0, 0.05) is 18.2 Å². The van der Waals surface area contributed by atoms with Crippen molar-refractivity contribution in [3.8, 4) is 5.75 Å². The lowest BCUT2D eigenvalue weighted by molar-refractivity contribution is 0.220. The molecule has 1 aromatic carbocycles. The lowest BCUT2D eigenvalue weighted by atomic mass is 10.0. The van der Waals surface area contributed by atoms with Gasteiger partial charge in [0.1, 0.15) is 18.2 Å². The zero-order valence-corrected chi connectivity index (χ0v) is 14.0. The molecule has 0 radical (unpaired) electrons. The predicted octanol–water partition coefficient (Wildman–Crippen LogP) is 3.53. The molecule has 0 saturated carbocycles. The van der Waals surface area contributed by atoms with Crippen LogP contribution in [-0.2, 0) is 0 Å². The average Bonchev–Trinajstić information content (AvgIpc) is 2.47. The Balaban J connectivity index is 2.81. The van der Waals surface area contributed by atoms with E-state index in [-0.39, 0.29) is 11.9 Å². The summed E-state index contributed by atoms with van der Waals surface area (Å²) < 4.78 is 19.8. The second-order valence-corrected chi connectivity index (χ2v) is 5.29. The van der Waals surface area contributed by atoms with Crippen molar-refractivity contribution in [2.24, 2.45) is 0 Å². The van der Waals surface area contributed by atoms with Gasteiger partial charge in [0.25, 0.3) is 0 Å². The Labute approximate surface area is 128 Å². The number of nitrogens with one attached hydrogen (secondary N) is 1. The monoisotopic (exact) mass is 296 g/mol. The number of nitrogens with zero attached hydrogens (tertiary/aromatic N) is 1. The molecule has 3 nitrogen and oxygen atoms in total. The van der Waals surface area contributed by atoms with Crippen LogP contribution >= 0.6 is 0 Å². The highest BCUT2D eigenvalue weighted by atomic mass is 19.1. The number of aryl methyl sites for hydroxylation is 1. The molecule has 0 amide bonds. The maximum Gasteiger partial charge on any atom is 0.126 e. The van der Waals surface area contributed by atoms with Crippen molar-refractivity contribution in [3.05, 3.63) is 29.1 Å². The third kappa shape index (κ3) is 5.29. The molecule has 0 fully saturated rings. The molecule has 0 aliphatic rings. The highest BCUT2D eigenvalue weighted by Crippen LogP contribution is 2.28. The minimum atomic E-state index is -0.175. The maximum atomic E-state index is 13.8. The van der Waals surface area contributed by atoms with Crippen molar-refractivity contribution >= 4 is 0 Å². The number of hydrogen-bond acceptors (Lipinski definition) is 3. The van der Waals surface area contributed by atoms with Crippen molar-refractivity contribution in [2.45, 2.75) is 40.7 Å². The number of benzene rings is 1. The summed E-state index contributed by atoms with van der Waals surface area (Å²) in [4.78, 5) is 2.31. The van der Waals surface area contributed by atoms with Crippen molar-refractivity contribution in [2.75, 3.05) is 32.8 Å². The number of halogens is 1. The van der Waals surface area contributed by atoms with Crippen LogP contribution in [0.5, 0.6) is 5.75 Å². The average molecular weight is 296 g/mol. The SMILES string of the molecule is CCNC(C)c1cc(F)c(C)cc1OCCN(CC)CC. The molecule has 4 heteroatoms. The first-order chi connectivity index (χ1) is 10.0. The van der Waals surface area contributed by atoms with Gasteiger partial charge in [0.15, 0.2) is 0 Å². The molecule has 0 aliphatic heterocycles. The van der Waals surface area contributed by atoms with Gasteiger partial charge in [-0.05, 0) is 51.2 Å². The van der Waals surface area contributed by atoms with Crippen LogP contribution in [0.4, 0.5) is 4.39 Å². The van der Waals surface area contributed by atoms with Crippen molar-refractivity contribution in [1.29, 1.82) is 0 Å². The second-order valence-electron chi connectivity index (χ2n) is 5.29. The lowest BCUT2D eigenvalue weighted by Crippen LogP contribution is -2.28. The fraction of sp³-hybridized carbons (Fsp3) is 0.647. The van der Waals surface area contributed by atoms with Crippen LogP contribution in [-0.4, -0.2) is 37.7 Å². The molecule has 0 aromatic heterocycles. The van der Waals surface area contributed by atoms with Gasteiger partial charge in [-0.15, -0.1) is 0 Å². The zero-order chi connectivity index (χ0) is 15.8. The van der Waals surface area contributed by atoms with Crippen LogP contribution in [0.15, 0.2) is 12.1 Å². The van der Waals surface area contributed by atoms with Gasteiger partial charge in [-0.3, -0.25) is 0 Å². The molecular formula is C17H29FN2O. The van der Waals surface area contributed by atoms with E-state index >= 15 is 0 Å². The number of rotatable bonds is 9. The van der Waals surface area contributed by atoms with Crippen molar-refractivity contribution < 1.29 is 9.13 Å². The molecule has 0 heterocycles. The first kappa shape index (κ1) is 17.9. The van der Waals surface area contributed by atoms with Gasteiger partial charge in [-0.25, -0.2) is 4.39 Å². The molecule has 1 N–H and O–H groups in total. The molecule has 120 valence electrons. The summed E-state index contributed by atoms with van der Waals surface area (Å²) in [6, 6.07) is 3.48. The summed E-state index contributed by atoms with van der Waals surface area (Å²) >= 11 is 0. The third-order valence-electron chi connectivity index (χ3n) is 3.83. The summed E-state index contributed by atoms with van der Waals surface area (Å²) in [6.07, 6.45) is 0. The quantitative estimate of drug-likeness (QED) is 0.754. The Morgan fingerprint density at radius 1 is 1.24 bits per heavy atom. The van der Waals surface area contributed by atoms with Crippen LogP contribution in [0.3, 0.4) is 0 Å². The smallest absolute Gasteiger partial charge is 0.126 e. The van der Waals surface area contributed by atoms with Crippen LogP contribution in [0, 0.1) is 12.7 Å². The van der Waals surface area contributed by atoms with E-state index in [0.717, 1.165) is 37.5 Å². The number of ether oxygens (including phenoxy) is 1. The van der Waals surface area contributed by atoms with E-state index in [4.69, 9.17) is 4.74 Å². The van der Waals surface area contributed by atoms with E-state index in [1.807, 2.05) is 13.8 Å². The molecule has 1 aromatic rings. The molecule has 21 heavy (non-hydrogen) atoms. The van der Waals surface area contributed by atoms with Gasteiger partial charge in [0.2, 0.25) is 0 Å². The Morgan fingerprint density at radius 3 is 2.48 bits per heavy atom. The normalized spacial score (nSPS) is 12.7. The topological polar surface area (TPSA) is 24.5 Å². The van der Waals surface area contributed by atoms with Gasteiger partial charge in [0.05, 0.1) is 0 Å². The van der Waals surface area contributed by atoms with E-state index < -0.39 is 0 Å². The van der Waals surface area contributed by atoms with Crippen molar-refractivity contribution in [1.82, 2.24) is 10.2 Å². The Kier molecular flexibility index (Phi) is 7.68. The van der Waals surface area contributed by atoms with Crippen molar-refractivity contribution in [3.63, 3.8) is 0 Å². The van der Waals surface area contributed by atoms with Crippen LogP contribution in [0.1, 0.15) is 44.9 Å². The van der Waals surface area contributed by atoms with Gasteiger partial charge < -0.3 is 15.0 Å². The molecular weight excluding hydrogens is 267 g/mol. The molecule has 0 saturated heterocycles. The molecule has 0 spiro atoms. The summed E-state index contributed by atoms with van der Waals surface area (Å²) in [5.74, 6) is 0.611. The maximum absolute atomic E-state index is 13.8. The van der Waals surface area contributed by atoms with E-state index in [1.54, 1.807) is 19.1 Å². The highest BCUT2D eigenvalue weighted by Gasteiger charge is 2.14. The minimum Gasteiger partial charge on any atom is -0.492 e. The highest BCUT2D eigenvalue weighted by molar-refractivity contribution is 5.40. The Bertz CT molecular complexity index is 433. The molecule has 0 bridgehead atoms. The molecule has 1 unspecified atom stereocenters. The fourth-order valence-corrected chi connectivity index (χ4v) is 2.37. The predicted molar refractivity (Wildman–Crippen MR) is 86.5 cm³/mol. The Hall–Kier alpha value is -1.13. The zero-order valence-electron chi connectivity index (χ0n) is 14.0. The summed E-state index contributed by atoms with van der Waals surface area (Å²) in [6.45, 7) is 14.5. The Morgan fingerprint density at radius 2 is 1.90 bits per heavy atom. The first-order valence-corrected chi connectivity index (χ1v) is 7.91. The van der Waals surface area contributed by atoms with Gasteiger partial charge >= 0.3 is 0 Å². The molecule has 1 rings (SSSR count). The van der Waals surface area contributed by atoms with E-state index in [9.17, 15) is 4.39 Å². The fourth-order valence-electron chi connectivity index (χ4n) is 2.37. The second kappa shape index (κ2) is 9.00. The third-order valence-corrected chi connectivity index (χ3v) is 3.83. The summed E-state index contributed by atoms with van der Waals surface area (Å²) in [7, 11) is 0. The van der Waals surface area contributed by atoms with Gasteiger partial charge in [-0.1, -0.05) is 20.8 Å².